The Morgan fingerprint density at radius 1 is 0.783 bits per heavy atom. The summed E-state index contributed by atoms with van der Waals surface area (Å²) in [5.74, 6) is 10.8. The molecule has 0 amide bonds. The first-order valence-corrected chi connectivity index (χ1v) is 10.5. The maximum Gasteiger partial charge on any atom is -0.0165 e. The Bertz CT molecular complexity index is 585. The highest BCUT2D eigenvalue weighted by molar-refractivity contribution is 5.29. The summed E-state index contributed by atoms with van der Waals surface area (Å²) in [5.41, 5.74) is 0.916. The van der Waals surface area contributed by atoms with Crippen LogP contribution < -0.4 is 0 Å². The van der Waals surface area contributed by atoms with E-state index in [2.05, 4.69) is 38.2 Å². The minimum absolute atomic E-state index is 0.916. The van der Waals surface area contributed by atoms with Gasteiger partial charge in [0.25, 0.3) is 0 Å². The van der Waals surface area contributed by atoms with Gasteiger partial charge in [-0.05, 0) is 103 Å². The minimum Gasteiger partial charge on any atom is -0.0879 e. The molecular formula is C23H32. The molecule has 5 fully saturated rings. The summed E-state index contributed by atoms with van der Waals surface area (Å²) in [6, 6.07) is 0. The molecule has 0 aromatic carbocycles. The zero-order valence-electron chi connectivity index (χ0n) is 14.8. The second-order valence-electron chi connectivity index (χ2n) is 10.4. The van der Waals surface area contributed by atoms with Gasteiger partial charge in [0.05, 0.1) is 0 Å². The number of allylic oxidation sites excluding steroid dienone is 4. The molecule has 0 nitrogen and oxygen atoms in total. The van der Waals surface area contributed by atoms with Crippen LogP contribution in [0.15, 0.2) is 24.3 Å². The zero-order valence-corrected chi connectivity index (χ0v) is 14.8. The third kappa shape index (κ3) is 1.60. The number of fused-ring (bicyclic) bond motifs is 8. The fraction of sp³-hybridized carbons (Fsp3) is 0.826. The smallest absolute Gasteiger partial charge is 0.0165 e. The summed E-state index contributed by atoms with van der Waals surface area (Å²) in [5, 5.41) is 0. The zero-order chi connectivity index (χ0) is 15.3. The highest BCUT2D eigenvalue weighted by Crippen LogP contribution is 2.82. The van der Waals surface area contributed by atoms with Crippen LogP contribution in [-0.2, 0) is 0 Å². The monoisotopic (exact) mass is 308 g/mol. The topological polar surface area (TPSA) is 0 Å². The van der Waals surface area contributed by atoms with Crippen LogP contribution >= 0.6 is 0 Å². The quantitative estimate of drug-likeness (QED) is 0.503. The van der Waals surface area contributed by atoms with Crippen molar-refractivity contribution >= 4 is 0 Å². The van der Waals surface area contributed by atoms with Crippen molar-refractivity contribution in [2.75, 3.05) is 0 Å². The van der Waals surface area contributed by atoms with Crippen molar-refractivity contribution in [2.45, 2.75) is 52.4 Å². The lowest BCUT2D eigenvalue weighted by atomic mass is 9.60. The van der Waals surface area contributed by atoms with Crippen molar-refractivity contribution < 1.29 is 0 Å². The van der Waals surface area contributed by atoms with E-state index in [1.165, 1.54) is 19.3 Å². The summed E-state index contributed by atoms with van der Waals surface area (Å²) in [6.07, 6.45) is 19.0. The van der Waals surface area contributed by atoms with Gasteiger partial charge in [-0.15, -0.1) is 0 Å². The van der Waals surface area contributed by atoms with Gasteiger partial charge in [-0.3, -0.25) is 0 Å². The predicted octanol–water partition coefficient (Wildman–Crippen LogP) is 5.71. The van der Waals surface area contributed by atoms with Crippen molar-refractivity contribution in [3.8, 4) is 0 Å². The molecule has 0 aliphatic heterocycles. The molecule has 7 rings (SSSR count). The van der Waals surface area contributed by atoms with Gasteiger partial charge in [-0.2, -0.15) is 0 Å². The molecule has 0 aromatic rings. The lowest BCUT2D eigenvalue weighted by Crippen LogP contribution is -2.38. The van der Waals surface area contributed by atoms with Crippen LogP contribution in [0.2, 0.25) is 0 Å². The van der Waals surface area contributed by atoms with Crippen LogP contribution in [0.25, 0.3) is 0 Å². The summed E-state index contributed by atoms with van der Waals surface area (Å²) in [6.45, 7) is 4.94. The van der Waals surface area contributed by atoms with E-state index in [9.17, 15) is 0 Å². The average molecular weight is 309 g/mol. The lowest BCUT2D eigenvalue weighted by Gasteiger charge is -2.45. The molecule has 1 spiro atoms. The Balaban J connectivity index is 0.0000000979. The Kier molecular flexibility index (Phi) is 2.60. The van der Waals surface area contributed by atoms with Gasteiger partial charge in [0.15, 0.2) is 0 Å². The van der Waals surface area contributed by atoms with Crippen LogP contribution in [0, 0.1) is 64.6 Å². The molecule has 0 radical (unpaired) electrons. The minimum atomic E-state index is 0.916. The first-order valence-electron chi connectivity index (χ1n) is 10.5. The van der Waals surface area contributed by atoms with Gasteiger partial charge in [0, 0.05) is 0 Å². The Hall–Kier alpha value is -0.520. The van der Waals surface area contributed by atoms with Crippen molar-refractivity contribution in [1.82, 2.24) is 0 Å². The average Bonchev–Trinajstić information content (AvgIpc) is 3.02. The molecule has 0 aromatic heterocycles. The maximum absolute atomic E-state index is 2.54. The number of hydrogen-bond acceptors (Lipinski definition) is 0. The van der Waals surface area contributed by atoms with Gasteiger partial charge in [0.1, 0.15) is 0 Å². The van der Waals surface area contributed by atoms with Gasteiger partial charge in [-0.25, -0.2) is 0 Å². The van der Waals surface area contributed by atoms with E-state index < -0.39 is 0 Å². The van der Waals surface area contributed by atoms with E-state index >= 15 is 0 Å². The SMILES string of the molecule is CC1CC23CC2C2C=CCC2C13.CC1CC2CC1C1CC=CC21. The first-order chi connectivity index (χ1) is 11.2. The lowest BCUT2D eigenvalue weighted by molar-refractivity contribution is 0.0369. The van der Waals surface area contributed by atoms with Crippen molar-refractivity contribution in [1.29, 1.82) is 0 Å². The Morgan fingerprint density at radius 2 is 1.57 bits per heavy atom. The van der Waals surface area contributed by atoms with Gasteiger partial charge in [0.2, 0.25) is 0 Å². The van der Waals surface area contributed by atoms with Crippen molar-refractivity contribution in [2.24, 2.45) is 64.6 Å². The molecule has 0 heterocycles. The predicted molar refractivity (Wildman–Crippen MR) is 94.7 cm³/mol. The fourth-order valence-corrected chi connectivity index (χ4v) is 9.02. The molecule has 0 heteroatoms. The van der Waals surface area contributed by atoms with Gasteiger partial charge < -0.3 is 0 Å². The van der Waals surface area contributed by atoms with Crippen molar-refractivity contribution in [3.63, 3.8) is 0 Å². The van der Waals surface area contributed by atoms with Crippen LogP contribution in [0.4, 0.5) is 0 Å². The van der Waals surface area contributed by atoms with Crippen LogP contribution in [-0.4, -0.2) is 0 Å². The summed E-state index contributed by atoms with van der Waals surface area (Å²) < 4.78 is 0. The normalized spacial score (nSPS) is 64.6. The molecule has 0 saturated heterocycles. The molecule has 2 bridgehead atoms. The van der Waals surface area contributed by atoms with E-state index in [4.69, 9.17) is 0 Å². The molecule has 11 atom stereocenters. The molecule has 7 aliphatic rings. The highest BCUT2D eigenvalue weighted by atomic mass is 14.8. The highest BCUT2D eigenvalue weighted by Gasteiger charge is 2.76. The van der Waals surface area contributed by atoms with E-state index in [1.54, 1.807) is 19.3 Å². The van der Waals surface area contributed by atoms with E-state index in [0.717, 1.165) is 64.6 Å². The third-order valence-corrected chi connectivity index (χ3v) is 9.68. The van der Waals surface area contributed by atoms with Crippen LogP contribution in [0.1, 0.15) is 52.4 Å². The van der Waals surface area contributed by atoms with Gasteiger partial charge >= 0.3 is 0 Å². The Morgan fingerprint density at radius 3 is 2.39 bits per heavy atom. The second-order valence-corrected chi connectivity index (χ2v) is 10.4. The molecule has 7 aliphatic carbocycles. The molecule has 5 saturated carbocycles. The summed E-state index contributed by atoms with van der Waals surface area (Å²) in [4.78, 5) is 0. The molecule has 11 unspecified atom stereocenters. The fourth-order valence-electron chi connectivity index (χ4n) is 9.02. The third-order valence-electron chi connectivity index (χ3n) is 9.68. The van der Waals surface area contributed by atoms with Crippen molar-refractivity contribution in [3.05, 3.63) is 24.3 Å². The molecule has 23 heavy (non-hydrogen) atoms. The largest absolute Gasteiger partial charge is 0.0879 e. The van der Waals surface area contributed by atoms with E-state index in [-0.39, 0.29) is 0 Å². The van der Waals surface area contributed by atoms with Crippen LogP contribution in [0.5, 0.6) is 0 Å². The molecular weight excluding hydrogens is 276 g/mol. The Labute approximate surface area is 141 Å². The van der Waals surface area contributed by atoms with Crippen LogP contribution in [0.3, 0.4) is 0 Å². The van der Waals surface area contributed by atoms with E-state index in [1.807, 2.05) is 0 Å². The maximum atomic E-state index is 2.54. The standard InChI is InChI=1S/C12H16.C11H16/c1-7-5-12-6-10(12)8-3-2-4-9(8)11(7)12;1-7-5-8-6-11(7)10-4-2-3-9(8)10/h2-3,7-11H,4-6H2,1H3;2-3,7-11H,4-6H2,1H3. The second kappa shape index (κ2) is 4.36. The summed E-state index contributed by atoms with van der Waals surface area (Å²) >= 11 is 0. The van der Waals surface area contributed by atoms with Gasteiger partial charge in [-0.1, -0.05) is 38.2 Å². The molecule has 124 valence electrons. The first kappa shape index (κ1) is 13.7. The number of hydrogen-bond donors (Lipinski definition) is 0. The number of rotatable bonds is 0. The van der Waals surface area contributed by atoms with E-state index in [0.29, 0.717) is 0 Å². The molecule has 0 N–H and O–H groups in total. The summed E-state index contributed by atoms with van der Waals surface area (Å²) in [7, 11) is 0.